The van der Waals surface area contributed by atoms with Crippen molar-refractivity contribution in [3.8, 4) is 0 Å². The smallest absolute Gasteiger partial charge is 0.408 e. The van der Waals surface area contributed by atoms with Crippen LogP contribution in [0.15, 0.2) is 91.0 Å². The zero-order chi connectivity index (χ0) is 25.6. The average Bonchev–Trinajstić information content (AvgIpc) is 2.91. The van der Waals surface area contributed by atoms with Crippen LogP contribution in [0.25, 0.3) is 0 Å². The molecule has 0 aromatic heterocycles. The van der Waals surface area contributed by atoms with E-state index in [1.807, 2.05) is 91.0 Å². The van der Waals surface area contributed by atoms with Crippen LogP contribution in [0.5, 0.6) is 0 Å². The first kappa shape index (κ1) is 26.8. The summed E-state index contributed by atoms with van der Waals surface area (Å²) in [5, 5.41) is 5.22. The zero-order valence-electron chi connectivity index (χ0n) is 20.1. The summed E-state index contributed by atoms with van der Waals surface area (Å²) < 4.78 is 10.6. The number of thioether (sulfide) groups is 1. The van der Waals surface area contributed by atoms with Gasteiger partial charge in [-0.2, -0.15) is 11.8 Å². The lowest BCUT2D eigenvalue weighted by Gasteiger charge is -2.20. The summed E-state index contributed by atoms with van der Waals surface area (Å²) in [7, 11) is 0. The van der Waals surface area contributed by atoms with Crippen LogP contribution in [0, 0.1) is 0 Å². The molecule has 0 spiro atoms. The highest BCUT2D eigenvalue weighted by molar-refractivity contribution is 7.98. The number of ether oxygens (including phenoxy) is 2. The van der Waals surface area contributed by atoms with E-state index >= 15 is 0 Å². The molecule has 8 heteroatoms. The van der Waals surface area contributed by atoms with Gasteiger partial charge in [0.1, 0.15) is 25.3 Å². The first-order valence-electron chi connectivity index (χ1n) is 11.6. The highest BCUT2D eigenvalue weighted by Gasteiger charge is 2.26. The molecule has 2 N–H and O–H groups in total. The van der Waals surface area contributed by atoms with Crippen LogP contribution in [0.2, 0.25) is 0 Å². The van der Waals surface area contributed by atoms with Crippen molar-refractivity contribution in [1.29, 1.82) is 0 Å². The quantitative estimate of drug-likeness (QED) is 0.352. The molecule has 36 heavy (non-hydrogen) atoms. The van der Waals surface area contributed by atoms with Gasteiger partial charge >= 0.3 is 12.1 Å². The lowest BCUT2D eigenvalue weighted by atomic mass is 10.2. The second-order valence-electron chi connectivity index (χ2n) is 8.08. The van der Waals surface area contributed by atoms with Gasteiger partial charge in [-0.3, -0.25) is 4.79 Å². The number of benzene rings is 3. The van der Waals surface area contributed by atoms with Crippen molar-refractivity contribution in [1.82, 2.24) is 10.6 Å². The van der Waals surface area contributed by atoms with Gasteiger partial charge < -0.3 is 20.1 Å². The van der Waals surface area contributed by atoms with Crippen LogP contribution in [0.4, 0.5) is 4.79 Å². The Morgan fingerprint density at radius 2 is 1.22 bits per heavy atom. The molecule has 7 nitrogen and oxygen atoms in total. The minimum absolute atomic E-state index is 0.0889. The molecule has 0 bridgehead atoms. The predicted octanol–water partition coefficient (Wildman–Crippen LogP) is 4.46. The molecule has 2 amide bonds. The van der Waals surface area contributed by atoms with Gasteiger partial charge in [-0.15, -0.1) is 0 Å². The molecule has 2 unspecified atom stereocenters. The fourth-order valence-electron chi connectivity index (χ4n) is 3.17. The van der Waals surface area contributed by atoms with E-state index in [0.717, 1.165) is 16.7 Å². The van der Waals surface area contributed by atoms with Gasteiger partial charge in [-0.1, -0.05) is 91.0 Å². The van der Waals surface area contributed by atoms with Gasteiger partial charge in [0.05, 0.1) is 0 Å². The number of alkyl carbamates (subject to hydrolysis) is 1. The van der Waals surface area contributed by atoms with Gasteiger partial charge in [0.25, 0.3) is 0 Å². The molecule has 0 heterocycles. The highest BCUT2D eigenvalue weighted by atomic mass is 32.2. The first-order valence-corrected chi connectivity index (χ1v) is 12.8. The second-order valence-corrected chi connectivity index (χ2v) is 9.11. The number of hydrogen-bond donors (Lipinski definition) is 2. The van der Waals surface area contributed by atoms with Gasteiger partial charge in [0.2, 0.25) is 5.91 Å². The Kier molecular flexibility index (Phi) is 10.9. The van der Waals surface area contributed by atoms with Crippen molar-refractivity contribution in [2.24, 2.45) is 0 Å². The number of nitrogens with one attached hydrogen (secondary N) is 2. The Bertz CT molecular complexity index is 1100. The van der Waals surface area contributed by atoms with Crippen molar-refractivity contribution in [2.75, 3.05) is 5.75 Å². The van der Waals surface area contributed by atoms with Crippen LogP contribution >= 0.6 is 11.8 Å². The van der Waals surface area contributed by atoms with E-state index in [-0.39, 0.29) is 13.2 Å². The van der Waals surface area contributed by atoms with E-state index in [4.69, 9.17) is 9.47 Å². The third kappa shape index (κ3) is 9.46. The Morgan fingerprint density at radius 3 is 1.78 bits per heavy atom. The van der Waals surface area contributed by atoms with E-state index in [9.17, 15) is 14.4 Å². The maximum absolute atomic E-state index is 12.8. The van der Waals surface area contributed by atoms with Crippen LogP contribution < -0.4 is 10.6 Å². The molecule has 188 valence electrons. The average molecular weight is 507 g/mol. The first-order chi connectivity index (χ1) is 17.5. The van der Waals surface area contributed by atoms with E-state index in [1.54, 1.807) is 0 Å². The maximum Gasteiger partial charge on any atom is 0.408 e. The number of hydrogen-bond acceptors (Lipinski definition) is 6. The minimum Gasteiger partial charge on any atom is -0.459 e. The Labute approximate surface area is 215 Å². The number of carbonyl (C=O) groups excluding carboxylic acids is 3. The normalized spacial score (nSPS) is 12.1. The Morgan fingerprint density at radius 1 is 0.722 bits per heavy atom. The summed E-state index contributed by atoms with van der Waals surface area (Å²) >= 11 is 1.51. The summed E-state index contributed by atoms with van der Waals surface area (Å²) in [5.41, 5.74) is 2.80. The molecule has 0 aliphatic rings. The Hall–Kier alpha value is -3.78. The summed E-state index contributed by atoms with van der Waals surface area (Å²) in [5.74, 6) is -0.0432. The molecule has 0 aliphatic carbocycles. The van der Waals surface area contributed by atoms with Gasteiger partial charge in [-0.05, 0) is 23.6 Å². The van der Waals surface area contributed by atoms with Crippen molar-refractivity contribution >= 4 is 29.7 Å². The molecular weight excluding hydrogens is 476 g/mol. The highest BCUT2D eigenvalue weighted by Crippen LogP contribution is 2.14. The number of carbonyl (C=O) groups is 3. The van der Waals surface area contributed by atoms with Crippen LogP contribution in [-0.2, 0) is 38.0 Å². The van der Waals surface area contributed by atoms with Crippen molar-refractivity contribution in [3.63, 3.8) is 0 Å². The van der Waals surface area contributed by atoms with E-state index in [2.05, 4.69) is 10.6 Å². The molecule has 0 saturated heterocycles. The van der Waals surface area contributed by atoms with Crippen molar-refractivity contribution in [2.45, 2.75) is 38.0 Å². The third-order valence-electron chi connectivity index (χ3n) is 5.16. The third-order valence-corrected chi connectivity index (χ3v) is 6.27. The second kappa shape index (κ2) is 14.6. The van der Waals surface area contributed by atoms with E-state index < -0.39 is 30.1 Å². The summed E-state index contributed by atoms with van der Waals surface area (Å²) in [6, 6.07) is 26.6. The van der Waals surface area contributed by atoms with Gasteiger partial charge in [0, 0.05) is 11.5 Å². The molecule has 3 aromatic carbocycles. The molecule has 0 aliphatic heterocycles. The standard InChI is InChI=1S/C28H30N2O5S/c1-21(29-28(33)35-18-23-13-7-3-8-14-23)26(31)30-25(20-36-19-24-15-9-4-10-16-24)27(32)34-17-22-11-5-2-6-12-22/h2-16,21,25H,17-20H2,1H3,(H,29,33)(H,30,31). The maximum atomic E-state index is 12.8. The van der Waals surface area contributed by atoms with Crippen LogP contribution in [0.1, 0.15) is 23.6 Å². The lowest BCUT2D eigenvalue weighted by Crippen LogP contribution is -2.51. The largest absolute Gasteiger partial charge is 0.459 e. The lowest BCUT2D eigenvalue weighted by molar-refractivity contribution is -0.148. The van der Waals surface area contributed by atoms with Crippen LogP contribution in [-0.4, -0.2) is 35.8 Å². The summed E-state index contributed by atoms with van der Waals surface area (Å²) in [4.78, 5) is 37.7. The molecule has 0 radical (unpaired) electrons. The predicted molar refractivity (Wildman–Crippen MR) is 140 cm³/mol. The minimum atomic E-state index is -0.906. The number of rotatable bonds is 12. The SMILES string of the molecule is CC(NC(=O)OCc1ccccc1)C(=O)NC(CSCc1ccccc1)C(=O)OCc1ccccc1. The van der Waals surface area contributed by atoms with Gasteiger partial charge in [0.15, 0.2) is 0 Å². The fourth-order valence-corrected chi connectivity index (χ4v) is 4.17. The molecular formula is C28H30N2O5S. The summed E-state index contributed by atoms with van der Waals surface area (Å²) in [6.45, 7) is 1.73. The molecule has 0 fully saturated rings. The van der Waals surface area contributed by atoms with E-state index in [1.165, 1.54) is 18.7 Å². The number of esters is 1. The zero-order valence-corrected chi connectivity index (χ0v) is 20.9. The molecule has 3 aromatic rings. The topological polar surface area (TPSA) is 93.7 Å². The Balaban J connectivity index is 1.53. The molecule has 2 atom stereocenters. The summed E-state index contributed by atoms with van der Waals surface area (Å²) in [6.07, 6.45) is -0.719. The van der Waals surface area contributed by atoms with Gasteiger partial charge in [-0.25, -0.2) is 9.59 Å². The number of amides is 2. The fraction of sp³-hybridized carbons (Fsp3) is 0.250. The van der Waals surface area contributed by atoms with Crippen LogP contribution in [0.3, 0.4) is 0 Å². The molecule has 0 saturated carbocycles. The monoisotopic (exact) mass is 506 g/mol. The van der Waals surface area contributed by atoms with Crippen molar-refractivity contribution in [3.05, 3.63) is 108 Å². The van der Waals surface area contributed by atoms with E-state index in [0.29, 0.717) is 11.5 Å². The molecule has 3 rings (SSSR count). The van der Waals surface area contributed by atoms with Crippen molar-refractivity contribution < 1.29 is 23.9 Å².